The third kappa shape index (κ3) is 3.87. The molecule has 0 saturated heterocycles. The second-order valence-electron chi connectivity index (χ2n) is 4.92. The minimum Gasteiger partial charge on any atom is -0.462 e. The van der Waals surface area contributed by atoms with Crippen LogP contribution in [0.5, 0.6) is 0 Å². The Morgan fingerprint density at radius 3 is 3.00 bits per heavy atom. The molecule has 4 nitrogen and oxygen atoms in total. The van der Waals surface area contributed by atoms with Crippen molar-refractivity contribution in [3.63, 3.8) is 0 Å². The van der Waals surface area contributed by atoms with Crippen molar-refractivity contribution in [1.29, 1.82) is 0 Å². The summed E-state index contributed by atoms with van der Waals surface area (Å²) in [7, 11) is 1.97. The fourth-order valence-electron chi connectivity index (χ4n) is 2.12. The van der Waals surface area contributed by atoms with E-state index in [9.17, 15) is 4.79 Å². The Kier molecular flexibility index (Phi) is 5.85. The zero-order valence-corrected chi connectivity index (χ0v) is 14.0. The fourth-order valence-corrected chi connectivity index (χ4v) is 2.48. The topological polar surface area (TPSA) is 44.1 Å². The number of hydrogen-bond acceptors (Lipinski definition) is 3. The van der Waals surface area contributed by atoms with E-state index in [0.717, 1.165) is 41.1 Å². The highest BCUT2D eigenvalue weighted by Crippen LogP contribution is 2.24. The normalized spacial score (nSPS) is 10.8. The van der Waals surface area contributed by atoms with Crippen LogP contribution in [-0.2, 0) is 11.3 Å². The average Bonchev–Trinajstić information content (AvgIpc) is 2.83. The summed E-state index contributed by atoms with van der Waals surface area (Å²) in [6.45, 7) is 5.29. The Labute approximate surface area is 134 Å². The van der Waals surface area contributed by atoms with Crippen LogP contribution >= 0.6 is 15.9 Å². The van der Waals surface area contributed by atoms with Gasteiger partial charge in [0.1, 0.15) is 7.28 Å². The molecule has 1 aromatic carbocycles. The third-order valence-corrected chi connectivity index (χ3v) is 3.76. The molecule has 2 rings (SSSR count). The highest BCUT2D eigenvalue weighted by atomic mass is 79.9. The van der Waals surface area contributed by atoms with E-state index in [-0.39, 0.29) is 5.97 Å². The van der Waals surface area contributed by atoms with Crippen molar-refractivity contribution in [3.8, 4) is 0 Å². The van der Waals surface area contributed by atoms with Crippen LogP contribution in [0.1, 0.15) is 30.3 Å². The first-order valence-electron chi connectivity index (χ1n) is 7.28. The van der Waals surface area contributed by atoms with Crippen molar-refractivity contribution in [2.45, 2.75) is 39.5 Å². The van der Waals surface area contributed by atoms with Crippen molar-refractivity contribution in [2.24, 2.45) is 0 Å². The van der Waals surface area contributed by atoms with Crippen molar-refractivity contribution in [3.05, 3.63) is 28.4 Å². The monoisotopic (exact) mass is 349 g/mol. The molecule has 111 valence electrons. The number of ether oxygens (including phenoxy) is 1. The van der Waals surface area contributed by atoms with Crippen LogP contribution in [0.2, 0.25) is 13.1 Å². The summed E-state index contributed by atoms with van der Waals surface area (Å²) >= 11 is 3.45. The first-order valence-corrected chi connectivity index (χ1v) is 8.07. The zero-order chi connectivity index (χ0) is 15.2. The van der Waals surface area contributed by atoms with E-state index in [0.29, 0.717) is 12.3 Å². The standard InChI is InChI=1S/C15H19BBrN2O2/c1-3-4-8-19-13-6-5-11(17)10-12(13)14(18-19)15(20)21-9-7-16-2/h5-6,10H,3-4,7-9H2,1-2H3. The second-order valence-corrected chi connectivity index (χ2v) is 5.84. The minimum absolute atomic E-state index is 0.352. The number of esters is 1. The third-order valence-electron chi connectivity index (χ3n) is 3.27. The number of fused-ring (bicyclic) bond motifs is 1. The summed E-state index contributed by atoms with van der Waals surface area (Å²) in [4.78, 5) is 12.2. The first-order chi connectivity index (χ1) is 10.2. The molecule has 0 N–H and O–H groups in total. The summed E-state index contributed by atoms with van der Waals surface area (Å²) in [5.74, 6) is -0.352. The van der Waals surface area contributed by atoms with E-state index in [1.807, 2.05) is 37.0 Å². The molecular weight excluding hydrogens is 331 g/mol. The molecule has 0 atom stereocenters. The van der Waals surface area contributed by atoms with Gasteiger partial charge in [0.05, 0.1) is 12.1 Å². The van der Waals surface area contributed by atoms with Gasteiger partial charge >= 0.3 is 5.97 Å². The van der Waals surface area contributed by atoms with Gasteiger partial charge in [-0.15, -0.1) is 0 Å². The number of benzene rings is 1. The molecule has 21 heavy (non-hydrogen) atoms. The molecule has 1 radical (unpaired) electrons. The number of rotatable bonds is 7. The lowest BCUT2D eigenvalue weighted by atomic mass is 9.79. The van der Waals surface area contributed by atoms with E-state index in [1.54, 1.807) is 0 Å². The number of carbonyl (C=O) groups excluding carboxylic acids is 1. The molecule has 2 aromatic rings. The molecule has 6 heteroatoms. The maximum Gasteiger partial charge on any atom is 0.359 e. The molecular formula is C15H19BBrN2O2. The fraction of sp³-hybridized carbons (Fsp3) is 0.467. The van der Waals surface area contributed by atoms with Gasteiger partial charge in [0.25, 0.3) is 0 Å². The van der Waals surface area contributed by atoms with Crippen LogP contribution in [0.15, 0.2) is 22.7 Å². The lowest BCUT2D eigenvalue weighted by Crippen LogP contribution is -2.09. The second kappa shape index (κ2) is 7.64. The molecule has 1 aromatic heterocycles. The number of aromatic nitrogens is 2. The number of aryl methyl sites for hydroxylation is 1. The average molecular weight is 350 g/mol. The molecule has 1 heterocycles. The summed E-state index contributed by atoms with van der Waals surface area (Å²) in [6.07, 6.45) is 2.88. The van der Waals surface area contributed by atoms with Crippen molar-refractivity contribution >= 4 is 40.1 Å². The zero-order valence-electron chi connectivity index (χ0n) is 12.4. The highest BCUT2D eigenvalue weighted by molar-refractivity contribution is 9.10. The maximum absolute atomic E-state index is 12.2. The van der Waals surface area contributed by atoms with Gasteiger partial charge in [0, 0.05) is 16.4 Å². The molecule has 0 fully saturated rings. The van der Waals surface area contributed by atoms with Crippen LogP contribution in [0.3, 0.4) is 0 Å². The van der Waals surface area contributed by atoms with Crippen LogP contribution in [-0.4, -0.2) is 29.6 Å². The summed E-state index contributed by atoms with van der Waals surface area (Å²) in [5.41, 5.74) is 1.37. The largest absolute Gasteiger partial charge is 0.462 e. The maximum atomic E-state index is 12.2. The van der Waals surface area contributed by atoms with Gasteiger partial charge in [-0.1, -0.05) is 36.1 Å². The van der Waals surface area contributed by atoms with Crippen molar-refractivity contribution in [1.82, 2.24) is 9.78 Å². The first kappa shape index (κ1) is 16.1. The molecule has 0 aliphatic rings. The molecule has 0 unspecified atom stereocenters. The van der Waals surface area contributed by atoms with Gasteiger partial charge in [-0.25, -0.2) is 4.79 Å². The molecule has 0 aliphatic carbocycles. The van der Waals surface area contributed by atoms with Gasteiger partial charge in [-0.05, 0) is 30.9 Å². The van der Waals surface area contributed by atoms with Gasteiger partial charge in [-0.3, -0.25) is 4.68 Å². The van der Waals surface area contributed by atoms with Gasteiger partial charge in [0.15, 0.2) is 5.69 Å². The SMILES string of the molecule is C[B]CCOC(=O)c1nn(CCCC)c2ccc(Br)cc12. The predicted molar refractivity (Wildman–Crippen MR) is 89.0 cm³/mol. The summed E-state index contributed by atoms with van der Waals surface area (Å²) in [6, 6.07) is 5.87. The Bertz CT molecular complexity index is 627. The summed E-state index contributed by atoms with van der Waals surface area (Å²) in [5, 5.41) is 5.30. The number of unbranched alkanes of at least 4 members (excludes halogenated alkanes) is 1. The number of carbonyl (C=O) groups is 1. The van der Waals surface area contributed by atoms with E-state index < -0.39 is 0 Å². The van der Waals surface area contributed by atoms with E-state index in [2.05, 4.69) is 28.0 Å². The van der Waals surface area contributed by atoms with Crippen LogP contribution in [0.4, 0.5) is 0 Å². The Morgan fingerprint density at radius 1 is 1.48 bits per heavy atom. The molecule has 0 aliphatic heterocycles. The van der Waals surface area contributed by atoms with Crippen molar-refractivity contribution < 1.29 is 9.53 Å². The Hall–Kier alpha value is -1.30. The number of nitrogens with zero attached hydrogens (tertiary/aromatic N) is 2. The van der Waals surface area contributed by atoms with Crippen LogP contribution in [0, 0.1) is 0 Å². The predicted octanol–water partition coefficient (Wildman–Crippen LogP) is 3.93. The van der Waals surface area contributed by atoms with Gasteiger partial charge in [0.2, 0.25) is 0 Å². The Balaban J connectivity index is 2.33. The van der Waals surface area contributed by atoms with Gasteiger partial charge < -0.3 is 4.74 Å². The van der Waals surface area contributed by atoms with Crippen molar-refractivity contribution in [2.75, 3.05) is 6.61 Å². The quantitative estimate of drug-likeness (QED) is 0.432. The molecule has 0 saturated carbocycles. The number of halogens is 1. The minimum atomic E-state index is -0.352. The summed E-state index contributed by atoms with van der Waals surface area (Å²) < 4.78 is 8.10. The molecule has 0 spiro atoms. The lowest BCUT2D eigenvalue weighted by molar-refractivity contribution is 0.0520. The van der Waals surface area contributed by atoms with E-state index >= 15 is 0 Å². The van der Waals surface area contributed by atoms with Gasteiger partial charge in [-0.2, -0.15) is 5.10 Å². The van der Waals surface area contributed by atoms with E-state index in [1.165, 1.54) is 0 Å². The lowest BCUT2D eigenvalue weighted by Gasteiger charge is -2.01. The number of hydrogen-bond donors (Lipinski definition) is 0. The van der Waals surface area contributed by atoms with E-state index in [4.69, 9.17) is 4.74 Å². The highest BCUT2D eigenvalue weighted by Gasteiger charge is 2.18. The molecule has 0 amide bonds. The van der Waals surface area contributed by atoms with Crippen LogP contribution < -0.4 is 0 Å². The smallest absolute Gasteiger partial charge is 0.359 e. The Morgan fingerprint density at radius 2 is 2.29 bits per heavy atom. The molecule has 0 bridgehead atoms. The van der Waals surface area contributed by atoms with Crippen LogP contribution in [0.25, 0.3) is 10.9 Å².